The molecule has 0 radical (unpaired) electrons. The first-order chi connectivity index (χ1) is 13.4. The molecule has 0 aliphatic carbocycles. The molecule has 0 aromatic heterocycles. The number of hydrogen-bond donors (Lipinski definition) is 0. The summed E-state index contributed by atoms with van der Waals surface area (Å²) < 4.78 is 28.4. The zero-order chi connectivity index (χ0) is 18.6. The van der Waals surface area contributed by atoms with Crippen LogP contribution in [0.4, 0.5) is 0 Å². The van der Waals surface area contributed by atoms with Crippen LogP contribution in [0, 0.1) is 5.75 Å². The van der Waals surface area contributed by atoms with Crippen molar-refractivity contribution in [2.75, 3.05) is 52.9 Å². The molecule has 0 spiro atoms. The van der Waals surface area contributed by atoms with Gasteiger partial charge in [0.25, 0.3) is 0 Å². The zero-order valence-corrected chi connectivity index (χ0v) is 17.1. The molecule has 0 fully saturated rings. The van der Waals surface area contributed by atoms with Crippen molar-refractivity contribution in [2.24, 2.45) is 0 Å². The SMILES string of the molecule is [Li+].c1ccc(S[CH-]c2c3cccc2OCCOCCOCCOCCO3)cc1. The zero-order valence-electron chi connectivity index (χ0n) is 16.3. The van der Waals surface area contributed by atoms with Crippen LogP contribution in [0.15, 0.2) is 53.4 Å². The average molecular weight is 396 g/mol. The minimum atomic E-state index is 0. The van der Waals surface area contributed by atoms with Gasteiger partial charge in [-0.1, -0.05) is 42.0 Å². The van der Waals surface area contributed by atoms with Crippen LogP contribution in [0.3, 0.4) is 0 Å². The molecule has 0 amide bonds. The molecule has 2 bridgehead atoms. The molecule has 1 aliphatic heterocycles. The van der Waals surface area contributed by atoms with E-state index in [0.29, 0.717) is 52.9 Å². The van der Waals surface area contributed by atoms with Crippen molar-refractivity contribution >= 4 is 11.8 Å². The summed E-state index contributed by atoms with van der Waals surface area (Å²) in [5, 5.41) is 0. The molecule has 7 heteroatoms. The van der Waals surface area contributed by atoms with Gasteiger partial charge < -0.3 is 23.7 Å². The van der Waals surface area contributed by atoms with E-state index in [9.17, 15) is 0 Å². The summed E-state index contributed by atoms with van der Waals surface area (Å²) in [5.74, 6) is 3.63. The molecule has 2 aromatic carbocycles. The van der Waals surface area contributed by atoms with Crippen molar-refractivity contribution in [3.05, 3.63) is 59.8 Å². The van der Waals surface area contributed by atoms with Crippen LogP contribution in [0.1, 0.15) is 5.56 Å². The van der Waals surface area contributed by atoms with Gasteiger partial charge in [-0.3, -0.25) is 0 Å². The summed E-state index contributed by atoms with van der Waals surface area (Å²) >= 11 is 1.64. The fraction of sp³-hybridized carbons (Fsp3) is 0.381. The minimum absolute atomic E-state index is 0. The van der Waals surface area contributed by atoms with Crippen LogP contribution in [0.5, 0.6) is 11.5 Å². The fourth-order valence-corrected chi connectivity index (χ4v) is 3.28. The van der Waals surface area contributed by atoms with E-state index in [0.717, 1.165) is 22.0 Å². The van der Waals surface area contributed by atoms with E-state index in [1.165, 1.54) is 0 Å². The van der Waals surface area contributed by atoms with Gasteiger partial charge in [0.15, 0.2) is 0 Å². The number of benzene rings is 2. The van der Waals surface area contributed by atoms with E-state index < -0.39 is 0 Å². The second-order valence-corrected chi connectivity index (χ2v) is 6.69. The maximum absolute atomic E-state index is 5.95. The molecule has 1 heterocycles. The van der Waals surface area contributed by atoms with E-state index in [2.05, 4.69) is 17.9 Å². The molecule has 0 unspecified atom stereocenters. The molecular weight excluding hydrogens is 371 g/mol. The van der Waals surface area contributed by atoms with Crippen LogP contribution < -0.4 is 28.3 Å². The number of hydrogen-bond acceptors (Lipinski definition) is 6. The van der Waals surface area contributed by atoms with Crippen molar-refractivity contribution in [1.82, 2.24) is 0 Å². The second-order valence-electron chi connectivity index (χ2n) is 5.75. The molecule has 5 nitrogen and oxygen atoms in total. The topological polar surface area (TPSA) is 46.2 Å². The Morgan fingerprint density at radius 1 is 0.607 bits per heavy atom. The van der Waals surface area contributed by atoms with Crippen molar-refractivity contribution < 1.29 is 42.5 Å². The van der Waals surface area contributed by atoms with Crippen LogP contribution >= 0.6 is 11.8 Å². The fourth-order valence-electron chi connectivity index (χ4n) is 2.48. The number of ether oxygens (including phenoxy) is 5. The van der Waals surface area contributed by atoms with Crippen molar-refractivity contribution in [2.45, 2.75) is 4.90 Å². The smallest absolute Gasteiger partial charge is 0.548 e. The van der Waals surface area contributed by atoms with Crippen LogP contribution in [-0.4, -0.2) is 52.9 Å². The van der Waals surface area contributed by atoms with Gasteiger partial charge in [0, 0.05) is 11.5 Å². The Labute approximate surface area is 183 Å². The Morgan fingerprint density at radius 2 is 1.11 bits per heavy atom. The summed E-state index contributed by atoms with van der Waals surface area (Å²) in [6.07, 6.45) is 0. The van der Waals surface area contributed by atoms with Gasteiger partial charge in [-0.15, -0.1) is 5.75 Å². The molecule has 0 saturated heterocycles. The Kier molecular flexibility index (Phi) is 11.4. The first kappa shape index (κ1) is 23.0. The molecular formula is C21H25LiO5S. The first-order valence-corrected chi connectivity index (χ1v) is 9.98. The molecule has 146 valence electrons. The monoisotopic (exact) mass is 396 g/mol. The summed E-state index contributed by atoms with van der Waals surface area (Å²) in [5.41, 5.74) is 0.932. The molecule has 3 rings (SSSR count). The Hall–Kier alpha value is -1.26. The summed E-state index contributed by atoms with van der Waals surface area (Å²) in [7, 11) is 0. The van der Waals surface area contributed by atoms with Gasteiger partial charge in [0.1, 0.15) is 0 Å². The second kappa shape index (κ2) is 13.8. The third-order valence-electron chi connectivity index (χ3n) is 3.80. The quantitative estimate of drug-likeness (QED) is 0.435. The van der Waals surface area contributed by atoms with Gasteiger partial charge in [-0.05, 0) is 17.0 Å². The van der Waals surface area contributed by atoms with Crippen LogP contribution in [-0.2, 0) is 14.2 Å². The van der Waals surface area contributed by atoms with Crippen molar-refractivity contribution in [3.63, 3.8) is 0 Å². The van der Waals surface area contributed by atoms with E-state index in [-0.39, 0.29) is 18.9 Å². The van der Waals surface area contributed by atoms with Gasteiger partial charge in [0.2, 0.25) is 0 Å². The van der Waals surface area contributed by atoms with Gasteiger partial charge in [0.05, 0.1) is 52.9 Å². The number of fused-ring (bicyclic) bond motifs is 2. The van der Waals surface area contributed by atoms with Crippen LogP contribution in [0.25, 0.3) is 0 Å². The summed E-state index contributed by atoms with van der Waals surface area (Å²) in [6, 6.07) is 16.1. The minimum Gasteiger partial charge on any atom is -0.548 e. The molecule has 1 aliphatic rings. The maximum atomic E-state index is 5.95. The number of thioether (sulfide) groups is 1. The van der Waals surface area contributed by atoms with Crippen molar-refractivity contribution in [1.29, 1.82) is 0 Å². The van der Waals surface area contributed by atoms with Gasteiger partial charge in [-0.25, -0.2) is 0 Å². The normalized spacial score (nSPS) is 16.1. The standard InChI is InChI=1S/C21H25O5S.Li/c1-2-5-18(6-3-1)27-17-19-20-7-4-8-21(19)26-16-14-24-12-10-22-9-11-23-13-15-25-20;/h1-8,17H,9-16H2;/q-1;+1. The molecule has 2 aromatic rings. The van der Waals surface area contributed by atoms with Crippen molar-refractivity contribution in [3.8, 4) is 11.5 Å². The Bertz CT molecular complexity index is 639. The Balaban J connectivity index is 0.00000280. The van der Waals surface area contributed by atoms with Gasteiger partial charge in [-0.2, -0.15) is 11.8 Å². The Morgan fingerprint density at radius 3 is 1.64 bits per heavy atom. The van der Waals surface area contributed by atoms with E-state index >= 15 is 0 Å². The molecule has 28 heavy (non-hydrogen) atoms. The predicted molar refractivity (Wildman–Crippen MR) is 106 cm³/mol. The van der Waals surface area contributed by atoms with Gasteiger partial charge >= 0.3 is 18.9 Å². The molecule has 0 saturated carbocycles. The summed E-state index contributed by atoms with van der Waals surface area (Å²) in [6.45, 7) is 4.19. The largest absolute Gasteiger partial charge is 1.00 e. The maximum Gasteiger partial charge on any atom is 1.00 e. The molecule has 0 N–H and O–H groups in total. The first-order valence-electron chi connectivity index (χ1n) is 9.10. The van der Waals surface area contributed by atoms with E-state index in [1.54, 1.807) is 11.8 Å². The predicted octanol–water partition coefficient (Wildman–Crippen LogP) is 0.814. The number of rotatable bonds is 3. The van der Waals surface area contributed by atoms with Crippen LogP contribution in [0.2, 0.25) is 0 Å². The van der Waals surface area contributed by atoms with E-state index in [1.807, 2.05) is 36.4 Å². The summed E-state index contributed by atoms with van der Waals surface area (Å²) in [4.78, 5) is 1.16. The third-order valence-corrected chi connectivity index (χ3v) is 4.69. The van der Waals surface area contributed by atoms with E-state index in [4.69, 9.17) is 23.7 Å². The molecule has 0 atom stereocenters. The average Bonchev–Trinajstić information content (AvgIpc) is 2.70. The third kappa shape index (κ3) is 8.00.